The molecule has 1 atom stereocenters. The van der Waals surface area contributed by atoms with Gasteiger partial charge < -0.3 is 5.32 Å². The molecule has 9 heteroatoms. The van der Waals surface area contributed by atoms with Crippen molar-refractivity contribution in [3.8, 4) is 0 Å². The number of hydrogen-bond acceptors (Lipinski definition) is 4. The second-order valence-corrected chi connectivity index (χ2v) is 7.95. The number of anilines is 2. The molecule has 1 saturated carbocycles. The molecule has 0 spiro atoms. The van der Waals surface area contributed by atoms with Crippen LogP contribution in [0.2, 0.25) is 0 Å². The Bertz CT molecular complexity index is 809. The van der Waals surface area contributed by atoms with Crippen LogP contribution >= 0.6 is 0 Å². The van der Waals surface area contributed by atoms with Gasteiger partial charge in [-0.2, -0.15) is 8.42 Å². The van der Waals surface area contributed by atoms with E-state index in [9.17, 15) is 17.2 Å². The van der Waals surface area contributed by atoms with Crippen LogP contribution in [-0.2, 0) is 10.2 Å². The van der Waals surface area contributed by atoms with Crippen molar-refractivity contribution in [1.29, 1.82) is 0 Å². The lowest BCUT2D eigenvalue weighted by Gasteiger charge is -2.18. The predicted octanol–water partition coefficient (Wildman–Crippen LogP) is 1.22. The van der Waals surface area contributed by atoms with Crippen LogP contribution in [0, 0.1) is 5.92 Å². The first-order chi connectivity index (χ1) is 10.8. The van der Waals surface area contributed by atoms with Gasteiger partial charge in [0.1, 0.15) is 0 Å². The molecule has 0 amide bonds. The Morgan fingerprint density at radius 2 is 2.17 bits per heavy atom. The highest BCUT2D eigenvalue weighted by Gasteiger charge is 2.59. The summed E-state index contributed by atoms with van der Waals surface area (Å²) in [6.07, 6.45) is 1.74. The number of aromatic nitrogens is 1. The number of halogens is 2. The van der Waals surface area contributed by atoms with Gasteiger partial charge in [0.2, 0.25) is 0 Å². The molecule has 2 aliphatic heterocycles. The average molecular weight is 342 g/mol. The fourth-order valence-electron chi connectivity index (χ4n) is 2.96. The van der Waals surface area contributed by atoms with Crippen LogP contribution in [-0.4, -0.2) is 46.0 Å². The van der Waals surface area contributed by atoms with Crippen LogP contribution < -0.4 is 13.9 Å². The first kappa shape index (κ1) is 14.8. The largest absolute Gasteiger partial charge is 0.327 e. The summed E-state index contributed by atoms with van der Waals surface area (Å²) < 4.78 is 53.5. The van der Waals surface area contributed by atoms with Crippen LogP contribution in [0.3, 0.4) is 0 Å². The molecule has 0 bridgehead atoms. The molecule has 1 N–H and O–H groups in total. The molecule has 23 heavy (non-hydrogen) atoms. The zero-order chi connectivity index (χ0) is 16.4. The van der Waals surface area contributed by atoms with E-state index in [1.807, 2.05) is 6.08 Å². The fraction of sp³-hybridized carbons (Fsp3) is 0.500. The van der Waals surface area contributed by atoms with Crippen molar-refractivity contribution in [2.75, 3.05) is 35.3 Å². The maximum atomic E-state index is 13.2. The van der Waals surface area contributed by atoms with Crippen LogP contribution in [0.1, 0.15) is 12.1 Å². The molecule has 1 fully saturated rings. The molecular weight excluding hydrogens is 326 g/mol. The van der Waals surface area contributed by atoms with Gasteiger partial charge in [-0.3, -0.25) is 0 Å². The molecule has 3 aliphatic rings. The zero-order valence-corrected chi connectivity index (χ0v) is 13.3. The first-order valence-electron chi connectivity index (χ1n) is 7.36. The lowest BCUT2D eigenvalue weighted by molar-refractivity contribution is 0.101. The molecule has 124 valence electrons. The van der Waals surface area contributed by atoms with Gasteiger partial charge in [-0.25, -0.2) is 22.4 Å². The summed E-state index contributed by atoms with van der Waals surface area (Å²) in [6.45, 7) is 1.23. The van der Waals surface area contributed by atoms with Crippen molar-refractivity contribution >= 4 is 27.3 Å². The van der Waals surface area contributed by atoms with Crippen molar-refractivity contribution in [3.05, 3.63) is 23.9 Å². The normalized spacial score (nSPS) is 27.1. The second-order valence-electron chi connectivity index (χ2n) is 6.07. The number of fused-ring (bicyclic) bond motifs is 1. The van der Waals surface area contributed by atoms with Gasteiger partial charge >= 0.3 is 10.2 Å². The summed E-state index contributed by atoms with van der Waals surface area (Å²) in [5.41, 5.74) is 2.07. The summed E-state index contributed by atoms with van der Waals surface area (Å²) in [4.78, 5) is 4.44. The Hall–Kier alpha value is -1.74. The van der Waals surface area contributed by atoms with Gasteiger partial charge in [-0.05, 0) is 17.7 Å². The van der Waals surface area contributed by atoms with Gasteiger partial charge in [-0.1, -0.05) is 6.08 Å². The van der Waals surface area contributed by atoms with E-state index in [0.717, 1.165) is 20.7 Å². The minimum Gasteiger partial charge on any atom is -0.309 e. The van der Waals surface area contributed by atoms with E-state index in [-0.39, 0.29) is 13.0 Å². The number of pyridine rings is 1. The highest BCUT2D eigenvalue weighted by Crippen LogP contribution is 2.51. The highest BCUT2D eigenvalue weighted by atomic mass is 32.2. The first-order valence-corrected chi connectivity index (χ1v) is 8.76. The number of hydrogen-bond donors (Lipinski definition) is 1. The minimum atomic E-state index is -3.83. The third-order valence-corrected chi connectivity index (χ3v) is 6.29. The summed E-state index contributed by atoms with van der Waals surface area (Å²) in [5, 5.41) is 3.16. The van der Waals surface area contributed by atoms with Crippen LogP contribution in [0.15, 0.2) is 18.2 Å². The van der Waals surface area contributed by atoms with Crippen molar-refractivity contribution in [3.63, 3.8) is 0 Å². The molecule has 1 unspecified atom stereocenters. The van der Waals surface area contributed by atoms with Crippen LogP contribution in [0.4, 0.5) is 20.3 Å². The van der Waals surface area contributed by atoms with Gasteiger partial charge in [0, 0.05) is 39.0 Å². The van der Waals surface area contributed by atoms with Gasteiger partial charge in [0.15, 0.2) is 5.82 Å². The maximum Gasteiger partial charge on any atom is 0.327 e. The lowest BCUT2D eigenvalue weighted by Crippen LogP contribution is -2.37. The summed E-state index contributed by atoms with van der Waals surface area (Å²) >= 11 is 0. The highest BCUT2D eigenvalue weighted by molar-refractivity contribution is 7.94. The number of nitrogens with one attached hydrogen (secondary N) is 1. The quantitative estimate of drug-likeness (QED) is 0.897. The van der Waals surface area contributed by atoms with Crippen molar-refractivity contribution < 1.29 is 17.2 Å². The molecule has 6 nitrogen and oxygen atoms in total. The van der Waals surface area contributed by atoms with Crippen molar-refractivity contribution in [2.24, 2.45) is 5.92 Å². The molecule has 4 rings (SSSR count). The van der Waals surface area contributed by atoms with Crippen molar-refractivity contribution in [2.45, 2.75) is 12.3 Å². The predicted molar refractivity (Wildman–Crippen MR) is 82.8 cm³/mol. The molecule has 0 aromatic carbocycles. The SMILES string of the molecule is CN1c2nc(C3=CCNC3)ccc2N(CC2CC2(F)F)S1(=O)=O. The maximum absolute atomic E-state index is 13.2. The van der Waals surface area contributed by atoms with Gasteiger partial charge in [-0.15, -0.1) is 0 Å². The van der Waals surface area contributed by atoms with E-state index in [0.29, 0.717) is 23.7 Å². The third kappa shape index (κ3) is 2.21. The van der Waals surface area contributed by atoms with Crippen LogP contribution in [0.25, 0.3) is 5.57 Å². The summed E-state index contributed by atoms with van der Waals surface area (Å²) in [6, 6.07) is 3.39. The van der Waals surface area contributed by atoms with E-state index >= 15 is 0 Å². The Morgan fingerprint density at radius 3 is 2.78 bits per heavy atom. The van der Waals surface area contributed by atoms with E-state index in [1.54, 1.807) is 12.1 Å². The van der Waals surface area contributed by atoms with Crippen LogP contribution in [0.5, 0.6) is 0 Å². The lowest BCUT2D eigenvalue weighted by atomic mass is 10.1. The van der Waals surface area contributed by atoms with Gasteiger partial charge in [0.05, 0.1) is 11.4 Å². The average Bonchev–Trinajstić information content (AvgIpc) is 2.89. The number of nitrogens with zero attached hydrogens (tertiary/aromatic N) is 3. The third-order valence-electron chi connectivity index (χ3n) is 4.53. The van der Waals surface area contributed by atoms with E-state index in [4.69, 9.17) is 0 Å². The molecule has 1 aliphatic carbocycles. The number of alkyl halides is 2. The van der Waals surface area contributed by atoms with Crippen molar-refractivity contribution in [1.82, 2.24) is 10.3 Å². The van der Waals surface area contributed by atoms with E-state index in [2.05, 4.69) is 10.3 Å². The molecule has 1 aromatic heterocycles. The second kappa shape index (κ2) is 4.64. The fourth-order valence-corrected chi connectivity index (χ4v) is 4.37. The topological polar surface area (TPSA) is 65.5 Å². The molecule has 0 saturated heterocycles. The smallest absolute Gasteiger partial charge is 0.309 e. The Labute approximate surface area is 133 Å². The molecule has 1 aromatic rings. The van der Waals surface area contributed by atoms with E-state index in [1.165, 1.54) is 7.05 Å². The summed E-state index contributed by atoms with van der Waals surface area (Å²) in [5.74, 6) is -3.39. The Kier molecular flexibility index (Phi) is 2.99. The number of rotatable bonds is 3. The molecule has 0 radical (unpaired) electrons. The van der Waals surface area contributed by atoms with Gasteiger partial charge in [0.25, 0.3) is 5.92 Å². The Balaban J connectivity index is 1.71. The standard InChI is InChI=1S/C14H16F2N4O2S/c1-19-13-12(3-2-11(18-13)9-4-5-17-7-9)20(23(19,21)22)8-10-6-14(10,15)16/h2-4,10,17H,5-8H2,1H3. The molecule has 3 heterocycles. The zero-order valence-electron chi connectivity index (χ0n) is 12.5. The van der Waals surface area contributed by atoms with E-state index < -0.39 is 22.0 Å². The molecular formula is C14H16F2N4O2S. The Morgan fingerprint density at radius 1 is 1.43 bits per heavy atom. The minimum absolute atomic E-state index is 0.210. The monoisotopic (exact) mass is 342 g/mol. The summed E-state index contributed by atoms with van der Waals surface area (Å²) in [7, 11) is -2.43.